The number of imidazole rings is 1. The summed E-state index contributed by atoms with van der Waals surface area (Å²) in [5.41, 5.74) is 9.46. The second-order valence-electron chi connectivity index (χ2n) is 5.31. The molecule has 5 heteroatoms. The molecule has 4 rings (SSSR count). The number of nitrogens with two attached hydrogens (primary N) is 1. The predicted molar refractivity (Wildman–Crippen MR) is 92.0 cm³/mol. The Morgan fingerprint density at radius 3 is 2.57 bits per heavy atom. The Bertz CT molecular complexity index is 1030. The molecule has 0 aliphatic heterocycles. The number of aromatic nitrogens is 3. The quantitative estimate of drug-likeness (QED) is 0.497. The SMILES string of the molecule is Nc1ccc2[nH]c(=O)c(-c3ncc[nH]3)c(-c3ccccc3)c2c1. The highest BCUT2D eigenvalue weighted by atomic mass is 16.1. The molecule has 4 aromatic rings. The van der Waals surface area contributed by atoms with Gasteiger partial charge in [-0.15, -0.1) is 0 Å². The highest BCUT2D eigenvalue weighted by molar-refractivity contribution is 6.02. The molecule has 0 aliphatic rings. The molecule has 0 amide bonds. The van der Waals surface area contributed by atoms with Crippen molar-refractivity contribution in [1.29, 1.82) is 0 Å². The van der Waals surface area contributed by atoms with Crippen LogP contribution in [0.25, 0.3) is 33.4 Å². The second kappa shape index (κ2) is 5.14. The van der Waals surface area contributed by atoms with Crippen LogP contribution in [0.1, 0.15) is 0 Å². The largest absolute Gasteiger partial charge is 0.399 e. The van der Waals surface area contributed by atoms with Crippen LogP contribution in [-0.2, 0) is 0 Å². The molecule has 0 unspecified atom stereocenters. The molecule has 0 aliphatic carbocycles. The lowest BCUT2D eigenvalue weighted by atomic mass is 9.95. The number of fused-ring (bicyclic) bond motifs is 1. The summed E-state index contributed by atoms with van der Waals surface area (Å²) >= 11 is 0. The van der Waals surface area contributed by atoms with Crippen molar-refractivity contribution in [3.63, 3.8) is 0 Å². The van der Waals surface area contributed by atoms with Gasteiger partial charge in [-0.05, 0) is 23.8 Å². The molecule has 112 valence electrons. The third kappa shape index (κ3) is 2.19. The van der Waals surface area contributed by atoms with Gasteiger partial charge >= 0.3 is 0 Å². The number of nitrogens with zero attached hydrogens (tertiary/aromatic N) is 1. The summed E-state index contributed by atoms with van der Waals surface area (Å²) in [6.45, 7) is 0. The zero-order valence-corrected chi connectivity index (χ0v) is 12.2. The monoisotopic (exact) mass is 302 g/mol. The molecule has 2 heterocycles. The van der Waals surface area contributed by atoms with Crippen LogP contribution in [0.5, 0.6) is 0 Å². The van der Waals surface area contributed by atoms with Gasteiger partial charge in [0.25, 0.3) is 5.56 Å². The molecule has 23 heavy (non-hydrogen) atoms. The number of pyridine rings is 1. The molecular weight excluding hydrogens is 288 g/mol. The van der Waals surface area contributed by atoms with E-state index in [1.807, 2.05) is 42.5 Å². The summed E-state index contributed by atoms with van der Waals surface area (Å²) in [4.78, 5) is 22.9. The minimum absolute atomic E-state index is 0.184. The lowest BCUT2D eigenvalue weighted by molar-refractivity contribution is 1.24. The van der Waals surface area contributed by atoms with Crippen LogP contribution >= 0.6 is 0 Å². The number of hydrogen-bond donors (Lipinski definition) is 3. The fourth-order valence-corrected chi connectivity index (χ4v) is 2.84. The first-order valence-corrected chi connectivity index (χ1v) is 7.25. The van der Waals surface area contributed by atoms with Crippen LogP contribution in [0.4, 0.5) is 5.69 Å². The van der Waals surface area contributed by atoms with Crippen LogP contribution in [0.2, 0.25) is 0 Å². The maximum Gasteiger partial charge on any atom is 0.260 e. The first kappa shape index (κ1) is 13.3. The summed E-state index contributed by atoms with van der Waals surface area (Å²) in [6.07, 6.45) is 3.33. The van der Waals surface area contributed by atoms with Gasteiger partial charge in [-0.3, -0.25) is 4.79 Å². The number of nitrogens with one attached hydrogen (secondary N) is 2. The van der Waals surface area contributed by atoms with Crippen LogP contribution in [-0.4, -0.2) is 15.0 Å². The highest BCUT2D eigenvalue weighted by Gasteiger charge is 2.17. The normalized spacial score (nSPS) is 11.0. The predicted octanol–water partition coefficient (Wildman–Crippen LogP) is 3.17. The van der Waals surface area contributed by atoms with Gasteiger partial charge in [-0.2, -0.15) is 0 Å². The molecule has 0 fully saturated rings. The Hall–Kier alpha value is -3.34. The van der Waals surface area contributed by atoms with Gasteiger partial charge in [0.2, 0.25) is 0 Å². The number of rotatable bonds is 2. The molecule has 0 bridgehead atoms. The first-order valence-electron chi connectivity index (χ1n) is 7.25. The van der Waals surface area contributed by atoms with E-state index in [-0.39, 0.29) is 5.56 Å². The number of H-pyrrole nitrogens is 2. The van der Waals surface area contributed by atoms with Crippen LogP contribution in [0, 0.1) is 0 Å². The Labute approximate surface area is 131 Å². The maximum absolute atomic E-state index is 12.7. The van der Waals surface area contributed by atoms with Gasteiger partial charge in [-0.25, -0.2) is 4.98 Å². The molecule has 2 aromatic heterocycles. The minimum atomic E-state index is -0.184. The molecular formula is C18H14N4O. The molecule has 0 saturated heterocycles. The third-order valence-corrected chi connectivity index (χ3v) is 3.84. The van der Waals surface area contributed by atoms with E-state index >= 15 is 0 Å². The molecule has 0 saturated carbocycles. The lowest BCUT2D eigenvalue weighted by Gasteiger charge is -2.12. The zero-order chi connectivity index (χ0) is 15.8. The van der Waals surface area contributed by atoms with E-state index in [1.165, 1.54) is 0 Å². The molecule has 4 N–H and O–H groups in total. The smallest absolute Gasteiger partial charge is 0.260 e. The Kier molecular flexibility index (Phi) is 2.98. The average Bonchev–Trinajstić information content (AvgIpc) is 3.09. The van der Waals surface area contributed by atoms with Gasteiger partial charge in [0.05, 0.1) is 5.56 Å². The van der Waals surface area contributed by atoms with Crippen molar-refractivity contribution < 1.29 is 0 Å². The topological polar surface area (TPSA) is 87.6 Å². The number of benzene rings is 2. The Balaban J connectivity index is 2.20. The molecule has 5 nitrogen and oxygen atoms in total. The van der Waals surface area contributed by atoms with Crippen molar-refractivity contribution in [2.45, 2.75) is 0 Å². The Morgan fingerprint density at radius 2 is 1.83 bits per heavy atom. The minimum Gasteiger partial charge on any atom is -0.399 e. The summed E-state index contributed by atoms with van der Waals surface area (Å²) in [6, 6.07) is 15.3. The molecule has 0 atom stereocenters. The van der Waals surface area contributed by atoms with Gasteiger partial charge in [0, 0.05) is 34.5 Å². The lowest BCUT2D eigenvalue weighted by Crippen LogP contribution is -2.12. The van der Waals surface area contributed by atoms with Crippen LogP contribution < -0.4 is 11.3 Å². The van der Waals surface area contributed by atoms with Crippen molar-refractivity contribution in [1.82, 2.24) is 15.0 Å². The fourth-order valence-electron chi connectivity index (χ4n) is 2.84. The number of nitrogen functional groups attached to an aromatic ring is 1. The van der Waals surface area contributed by atoms with Crippen molar-refractivity contribution in [3.8, 4) is 22.5 Å². The van der Waals surface area contributed by atoms with Crippen LogP contribution in [0.15, 0.2) is 65.7 Å². The number of aromatic amines is 2. The third-order valence-electron chi connectivity index (χ3n) is 3.84. The van der Waals surface area contributed by atoms with Gasteiger partial charge < -0.3 is 15.7 Å². The number of anilines is 1. The molecule has 2 aromatic carbocycles. The standard InChI is InChI=1S/C18H14N4O/c19-12-6-7-14-13(10-12)15(11-4-2-1-3-5-11)16(18(23)22-14)17-20-8-9-21-17/h1-10H,19H2,(H,20,21)(H,22,23). The van der Waals surface area contributed by atoms with E-state index in [4.69, 9.17) is 5.73 Å². The number of hydrogen-bond acceptors (Lipinski definition) is 3. The highest BCUT2D eigenvalue weighted by Crippen LogP contribution is 2.34. The average molecular weight is 302 g/mol. The molecule has 0 spiro atoms. The van der Waals surface area contributed by atoms with E-state index in [0.29, 0.717) is 17.1 Å². The van der Waals surface area contributed by atoms with E-state index in [9.17, 15) is 4.79 Å². The van der Waals surface area contributed by atoms with E-state index < -0.39 is 0 Å². The van der Waals surface area contributed by atoms with E-state index in [2.05, 4.69) is 15.0 Å². The van der Waals surface area contributed by atoms with E-state index in [0.717, 1.165) is 22.0 Å². The van der Waals surface area contributed by atoms with Gasteiger partial charge in [-0.1, -0.05) is 30.3 Å². The van der Waals surface area contributed by atoms with Crippen molar-refractivity contribution in [2.75, 3.05) is 5.73 Å². The Morgan fingerprint density at radius 1 is 1.00 bits per heavy atom. The van der Waals surface area contributed by atoms with E-state index in [1.54, 1.807) is 18.5 Å². The fraction of sp³-hybridized carbons (Fsp3) is 0. The first-order chi connectivity index (χ1) is 11.2. The van der Waals surface area contributed by atoms with Crippen molar-refractivity contribution >= 4 is 16.6 Å². The summed E-state index contributed by atoms with van der Waals surface area (Å²) < 4.78 is 0. The van der Waals surface area contributed by atoms with Crippen LogP contribution in [0.3, 0.4) is 0 Å². The van der Waals surface area contributed by atoms with Gasteiger partial charge in [0.15, 0.2) is 0 Å². The van der Waals surface area contributed by atoms with Crippen molar-refractivity contribution in [3.05, 3.63) is 71.3 Å². The summed E-state index contributed by atoms with van der Waals surface area (Å²) in [5, 5.41) is 0.891. The summed E-state index contributed by atoms with van der Waals surface area (Å²) in [5.74, 6) is 0.537. The van der Waals surface area contributed by atoms with Crippen molar-refractivity contribution in [2.24, 2.45) is 0 Å². The summed E-state index contributed by atoms with van der Waals surface area (Å²) in [7, 11) is 0. The zero-order valence-electron chi connectivity index (χ0n) is 12.2. The second-order valence-corrected chi connectivity index (χ2v) is 5.31. The van der Waals surface area contributed by atoms with Gasteiger partial charge in [0.1, 0.15) is 5.82 Å². The molecule has 0 radical (unpaired) electrons. The maximum atomic E-state index is 12.7.